The topological polar surface area (TPSA) is 129 Å². The summed E-state index contributed by atoms with van der Waals surface area (Å²) in [7, 11) is 0. The van der Waals surface area contributed by atoms with Crippen molar-refractivity contribution in [2.75, 3.05) is 42.1 Å². The zero-order valence-electron chi connectivity index (χ0n) is 25.3. The fourth-order valence-electron chi connectivity index (χ4n) is 5.30. The molecule has 2 fully saturated rings. The van der Waals surface area contributed by atoms with Gasteiger partial charge in [0.1, 0.15) is 18.0 Å². The van der Waals surface area contributed by atoms with E-state index in [-0.39, 0.29) is 17.5 Å². The van der Waals surface area contributed by atoms with Gasteiger partial charge in [-0.3, -0.25) is 9.59 Å². The van der Waals surface area contributed by atoms with E-state index in [0.29, 0.717) is 41.3 Å². The lowest BCUT2D eigenvalue weighted by Gasteiger charge is -2.26. The van der Waals surface area contributed by atoms with E-state index in [1.165, 1.54) is 25.6 Å². The number of benzene rings is 2. The van der Waals surface area contributed by atoms with Crippen molar-refractivity contribution in [2.24, 2.45) is 0 Å². The highest BCUT2D eigenvalue weighted by Crippen LogP contribution is 2.28. The molecule has 0 unspecified atom stereocenters. The third-order valence-electron chi connectivity index (χ3n) is 7.94. The molecule has 2 aromatic carbocycles. The van der Waals surface area contributed by atoms with E-state index in [4.69, 9.17) is 0 Å². The molecular formula is C33H39N9O2. The maximum Gasteiger partial charge on any atom is 0.271 e. The smallest absolute Gasteiger partial charge is 0.271 e. The summed E-state index contributed by atoms with van der Waals surface area (Å²) in [5.74, 6) is 1.37. The van der Waals surface area contributed by atoms with Gasteiger partial charge in [-0.15, -0.1) is 0 Å². The third kappa shape index (κ3) is 7.41. The van der Waals surface area contributed by atoms with Crippen LogP contribution in [0.1, 0.15) is 64.1 Å². The molecule has 2 amide bonds. The van der Waals surface area contributed by atoms with E-state index in [0.717, 1.165) is 49.3 Å². The van der Waals surface area contributed by atoms with E-state index in [9.17, 15) is 9.59 Å². The van der Waals surface area contributed by atoms with Gasteiger partial charge in [0.2, 0.25) is 0 Å². The lowest BCUT2D eigenvalue weighted by molar-refractivity contribution is 0.0940. The van der Waals surface area contributed by atoms with Crippen LogP contribution in [0.15, 0.2) is 60.9 Å². The lowest BCUT2D eigenvalue weighted by Crippen LogP contribution is -2.37. The van der Waals surface area contributed by atoms with Crippen LogP contribution in [0.25, 0.3) is 5.82 Å². The molecule has 44 heavy (non-hydrogen) atoms. The maximum atomic E-state index is 13.2. The molecule has 3 heterocycles. The van der Waals surface area contributed by atoms with Crippen LogP contribution in [-0.4, -0.2) is 68.7 Å². The van der Waals surface area contributed by atoms with E-state index >= 15 is 0 Å². The zero-order chi connectivity index (χ0) is 30.5. The Balaban J connectivity index is 1.24. The van der Waals surface area contributed by atoms with Crippen molar-refractivity contribution < 1.29 is 9.59 Å². The molecule has 4 N–H and O–H groups in total. The number of carbonyl (C=O) groups excluding carboxylic acids is 2. The molecule has 0 radical (unpaired) electrons. The van der Waals surface area contributed by atoms with Gasteiger partial charge in [-0.2, -0.15) is 9.78 Å². The average molecular weight is 594 g/mol. The van der Waals surface area contributed by atoms with Crippen molar-refractivity contribution >= 4 is 34.8 Å². The summed E-state index contributed by atoms with van der Waals surface area (Å²) in [5.41, 5.74) is 4.25. The van der Waals surface area contributed by atoms with Gasteiger partial charge in [-0.05, 0) is 82.4 Å². The van der Waals surface area contributed by atoms with E-state index in [1.54, 1.807) is 16.8 Å². The molecule has 11 heteroatoms. The number of amides is 2. The first kappa shape index (κ1) is 29.3. The van der Waals surface area contributed by atoms with Crippen LogP contribution < -0.4 is 21.3 Å². The van der Waals surface area contributed by atoms with Gasteiger partial charge < -0.3 is 26.2 Å². The quantitative estimate of drug-likeness (QED) is 0.190. The Morgan fingerprint density at radius 2 is 1.77 bits per heavy atom. The fourth-order valence-corrected chi connectivity index (χ4v) is 5.30. The largest absolute Gasteiger partial charge is 0.367 e. The van der Waals surface area contributed by atoms with Crippen LogP contribution in [0.4, 0.5) is 23.0 Å². The number of rotatable bonds is 11. The van der Waals surface area contributed by atoms with Crippen LogP contribution in [0.2, 0.25) is 0 Å². The Kier molecular flexibility index (Phi) is 8.83. The van der Waals surface area contributed by atoms with Crippen molar-refractivity contribution in [1.29, 1.82) is 0 Å². The fraction of sp³-hybridized carbons (Fsp3) is 0.364. The van der Waals surface area contributed by atoms with Crippen molar-refractivity contribution in [3.8, 4) is 5.82 Å². The molecule has 6 rings (SSSR count). The Morgan fingerprint density at radius 1 is 0.932 bits per heavy atom. The first-order valence-corrected chi connectivity index (χ1v) is 15.4. The van der Waals surface area contributed by atoms with Crippen LogP contribution >= 0.6 is 0 Å². The Morgan fingerprint density at radius 3 is 2.57 bits per heavy atom. The minimum absolute atomic E-state index is 0.186. The highest BCUT2D eigenvalue weighted by atomic mass is 16.2. The van der Waals surface area contributed by atoms with Crippen molar-refractivity contribution in [1.82, 2.24) is 30.0 Å². The van der Waals surface area contributed by atoms with Gasteiger partial charge in [-0.1, -0.05) is 30.2 Å². The Hall–Kier alpha value is -4.77. The molecule has 4 aromatic rings. The molecule has 2 aliphatic rings. The van der Waals surface area contributed by atoms with E-state index in [2.05, 4.69) is 41.2 Å². The number of piperidine rings is 1. The Bertz CT molecular complexity index is 1640. The number of likely N-dealkylation sites (tertiary alicyclic amines) is 1. The number of carbonyl (C=O) groups is 2. The monoisotopic (exact) mass is 593 g/mol. The van der Waals surface area contributed by atoms with Gasteiger partial charge in [-0.25, -0.2) is 9.97 Å². The molecule has 0 bridgehead atoms. The molecule has 1 saturated heterocycles. The van der Waals surface area contributed by atoms with Gasteiger partial charge in [0.05, 0.1) is 0 Å². The molecule has 1 aliphatic heterocycles. The minimum Gasteiger partial charge on any atom is -0.367 e. The second-order valence-electron chi connectivity index (χ2n) is 11.6. The zero-order valence-corrected chi connectivity index (χ0v) is 25.3. The van der Waals surface area contributed by atoms with E-state index in [1.807, 2.05) is 56.3 Å². The van der Waals surface area contributed by atoms with Crippen LogP contribution in [0.5, 0.6) is 0 Å². The lowest BCUT2D eigenvalue weighted by atomic mass is 10.1. The summed E-state index contributed by atoms with van der Waals surface area (Å²) in [6.45, 7) is 7.46. The summed E-state index contributed by atoms with van der Waals surface area (Å²) in [6.07, 6.45) is 7.42. The molecule has 11 nitrogen and oxygen atoms in total. The number of aryl methyl sites for hydroxylation is 2. The molecule has 1 aliphatic carbocycles. The minimum atomic E-state index is -0.245. The van der Waals surface area contributed by atoms with Gasteiger partial charge in [0.25, 0.3) is 11.8 Å². The van der Waals surface area contributed by atoms with Crippen molar-refractivity contribution in [3.05, 3.63) is 83.3 Å². The predicted octanol–water partition coefficient (Wildman–Crippen LogP) is 5.07. The summed E-state index contributed by atoms with van der Waals surface area (Å²) < 4.78 is 1.62. The highest BCUT2D eigenvalue weighted by Gasteiger charge is 2.23. The maximum absolute atomic E-state index is 13.2. The number of anilines is 4. The standard InChI is InChI=1S/C33H39N9O2/c1-22-7-6-8-24(17-22)32(43)38-26-10-9-23(2)27(18-26)39-31-19-28(33(44)34-13-16-41-14-4-3-5-15-41)40-42(31)30-20-29(35-21-36-30)37-25-11-12-25/h6-10,17-21,25,39H,3-5,11-16H2,1-2H3,(H,34,44)(H,38,43)(H,35,36,37). The molecule has 1 saturated carbocycles. The first-order valence-electron chi connectivity index (χ1n) is 15.4. The number of nitrogens with one attached hydrogen (secondary N) is 4. The average Bonchev–Trinajstić information content (AvgIpc) is 3.74. The second-order valence-corrected chi connectivity index (χ2v) is 11.6. The van der Waals surface area contributed by atoms with Crippen molar-refractivity contribution in [3.63, 3.8) is 0 Å². The van der Waals surface area contributed by atoms with Crippen molar-refractivity contribution in [2.45, 2.75) is 52.0 Å². The number of nitrogens with zero attached hydrogens (tertiary/aromatic N) is 5. The number of hydrogen-bond donors (Lipinski definition) is 4. The molecule has 228 valence electrons. The predicted molar refractivity (Wildman–Crippen MR) is 172 cm³/mol. The first-order chi connectivity index (χ1) is 21.4. The summed E-state index contributed by atoms with van der Waals surface area (Å²) in [5, 5.41) is 17.5. The summed E-state index contributed by atoms with van der Waals surface area (Å²) in [4.78, 5) is 37.4. The van der Waals surface area contributed by atoms with E-state index < -0.39 is 0 Å². The summed E-state index contributed by atoms with van der Waals surface area (Å²) in [6, 6.07) is 17.1. The van der Waals surface area contributed by atoms with Crippen LogP contribution in [0.3, 0.4) is 0 Å². The number of hydrogen-bond acceptors (Lipinski definition) is 8. The van der Waals surface area contributed by atoms with Crippen LogP contribution in [0, 0.1) is 13.8 Å². The Labute approximate surface area is 257 Å². The molecule has 2 aromatic heterocycles. The molecule has 0 spiro atoms. The van der Waals surface area contributed by atoms with Gasteiger partial charge >= 0.3 is 0 Å². The second kappa shape index (κ2) is 13.3. The SMILES string of the molecule is Cc1cccc(C(=O)Nc2ccc(C)c(Nc3cc(C(=O)NCCN4CCCCC4)nn3-c3cc(NC4CC4)ncn3)c2)c1. The van der Waals surface area contributed by atoms with Gasteiger partial charge in [0, 0.05) is 48.2 Å². The normalized spacial score (nSPS) is 15.0. The van der Waals surface area contributed by atoms with Crippen LogP contribution in [-0.2, 0) is 0 Å². The summed E-state index contributed by atoms with van der Waals surface area (Å²) >= 11 is 0. The molecule has 0 atom stereocenters. The third-order valence-corrected chi connectivity index (χ3v) is 7.94. The van der Waals surface area contributed by atoms with Gasteiger partial charge in [0.15, 0.2) is 11.5 Å². The number of aromatic nitrogens is 4. The molecular weight excluding hydrogens is 554 g/mol. The highest BCUT2D eigenvalue weighted by molar-refractivity contribution is 6.04.